The van der Waals surface area contributed by atoms with Crippen molar-refractivity contribution in [2.75, 3.05) is 13.6 Å². The van der Waals surface area contributed by atoms with Crippen molar-refractivity contribution in [3.63, 3.8) is 0 Å². The van der Waals surface area contributed by atoms with Crippen molar-refractivity contribution in [1.82, 2.24) is 15.6 Å². The lowest BCUT2D eigenvalue weighted by molar-refractivity contribution is 0.0953. The summed E-state index contributed by atoms with van der Waals surface area (Å²) >= 11 is 1.48. The summed E-state index contributed by atoms with van der Waals surface area (Å²) in [5.74, 6) is 0.507. The summed E-state index contributed by atoms with van der Waals surface area (Å²) in [6, 6.07) is 0.275. The zero-order valence-electron chi connectivity index (χ0n) is 11.8. The predicted octanol–water partition coefficient (Wildman–Crippen LogP) is 1.99. The number of hydrogen-bond donors (Lipinski definition) is 2. The number of carbonyl (C=O) groups is 1. The first kappa shape index (κ1) is 15.1. The first-order valence-electron chi connectivity index (χ1n) is 6.35. The van der Waals surface area contributed by atoms with E-state index in [1.54, 1.807) is 0 Å². The van der Waals surface area contributed by atoms with Gasteiger partial charge in [0.15, 0.2) is 0 Å². The van der Waals surface area contributed by atoms with Gasteiger partial charge in [-0.05, 0) is 33.2 Å². The lowest BCUT2D eigenvalue weighted by Crippen LogP contribution is -2.37. The summed E-state index contributed by atoms with van der Waals surface area (Å²) in [5.41, 5.74) is 0.933. The molecule has 1 atom stereocenters. The lowest BCUT2D eigenvalue weighted by atomic mass is 10.1. The summed E-state index contributed by atoms with van der Waals surface area (Å²) in [7, 11) is 1.89. The third-order valence-electron chi connectivity index (χ3n) is 2.67. The maximum absolute atomic E-state index is 12.1. The number of carbonyl (C=O) groups excluding carboxylic acids is 1. The molecule has 5 heteroatoms. The van der Waals surface area contributed by atoms with Crippen molar-refractivity contribution in [3.05, 3.63) is 15.6 Å². The molecule has 0 saturated heterocycles. The fourth-order valence-electron chi connectivity index (χ4n) is 1.60. The van der Waals surface area contributed by atoms with Gasteiger partial charge in [-0.15, -0.1) is 11.3 Å². The Morgan fingerprint density at radius 3 is 2.61 bits per heavy atom. The minimum absolute atomic E-state index is 0.00153. The van der Waals surface area contributed by atoms with E-state index in [0.29, 0.717) is 12.5 Å². The van der Waals surface area contributed by atoms with Crippen molar-refractivity contribution in [1.29, 1.82) is 0 Å². The van der Waals surface area contributed by atoms with E-state index >= 15 is 0 Å². The molecule has 1 unspecified atom stereocenters. The van der Waals surface area contributed by atoms with E-state index in [9.17, 15) is 4.79 Å². The molecule has 0 spiro atoms. The highest BCUT2D eigenvalue weighted by atomic mass is 32.1. The number of thiazole rings is 1. The van der Waals surface area contributed by atoms with Crippen molar-refractivity contribution in [2.24, 2.45) is 5.92 Å². The third-order valence-corrected chi connectivity index (χ3v) is 3.69. The van der Waals surface area contributed by atoms with Gasteiger partial charge in [0.25, 0.3) is 5.91 Å². The Morgan fingerprint density at radius 1 is 1.39 bits per heavy atom. The van der Waals surface area contributed by atoms with Crippen molar-refractivity contribution >= 4 is 17.2 Å². The molecule has 0 bridgehead atoms. The Morgan fingerprint density at radius 2 is 2.06 bits per heavy atom. The molecule has 0 aromatic carbocycles. The highest BCUT2D eigenvalue weighted by molar-refractivity contribution is 7.13. The number of hydrogen-bond acceptors (Lipinski definition) is 4. The van der Waals surface area contributed by atoms with E-state index in [1.807, 2.05) is 20.9 Å². The van der Waals surface area contributed by atoms with Crippen LogP contribution >= 0.6 is 11.3 Å². The predicted molar refractivity (Wildman–Crippen MR) is 76.2 cm³/mol. The van der Waals surface area contributed by atoms with Gasteiger partial charge in [-0.25, -0.2) is 4.98 Å². The van der Waals surface area contributed by atoms with Gasteiger partial charge in [-0.1, -0.05) is 13.8 Å². The van der Waals surface area contributed by atoms with Crippen LogP contribution in [0.4, 0.5) is 0 Å². The molecule has 102 valence electrons. The van der Waals surface area contributed by atoms with Crippen LogP contribution in [-0.4, -0.2) is 30.5 Å². The lowest BCUT2D eigenvalue weighted by Gasteiger charge is -2.11. The number of aromatic nitrogens is 1. The molecule has 0 radical (unpaired) electrons. The molecule has 0 fully saturated rings. The number of nitrogens with zero attached hydrogens (tertiary/aromatic N) is 1. The first-order chi connectivity index (χ1) is 8.43. The Hall–Kier alpha value is -0.940. The van der Waals surface area contributed by atoms with Gasteiger partial charge < -0.3 is 10.6 Å². The van der Waals surface area contributed by atoms with Crippen LogP contribution < -0.4 is 10.6 Å². The van der Waals surface area contributed by atoms with Crippen LogP contribution in [-0.2, 0) is 6.42 Å². The minimum atomic E-state index is -0.00153. The van der Waals surface area contributed by atoms with E-state index in [-0.39, 0.29) is 11.9 Å². The van der Waals surface area contributed by atoms with Crippen LogP contribution in [0.5, 0.6) is 0 Å². The smallest absolute Gasteiger partial charge is 0.263 e. The zero-order chi connectivity index (χ0) is 13.7. The number of rotatable bonds is 6. The largest absolute Gasteiger partial charge is 0.350 e. The van der Waals surface area contributed by atoms with Crippen LogP contribution in [0.2, 0.25) is 0 Å². The molecule has 1 rings (SSSR count). The van der Waals surface area contributed by atoms with Crippen LogP contribution in [0.15, 0.2) is 0 Å². The van der Waals surface area contributed by atoms with Gasteiger partial charge in [0.2, 0.25) is 0 Å². The number of likely N-dealkylation sites (N-methyl/N-ethyl adjacent to an activating group) is 1. The molecule has 0 aliphatic carbocycles. The molecule has 1 amide bonds. The molecular formula is C13H23N3OS. The topological polar surface area (TPSA) is 54.0 Å². The van der Waals surface area contributed by atoms with Crippen LogP contribution in [0, 0.1) is 12.8 Å². The fraction of sp³-hybridized carbons (Fsp3) is 0.692. The highest BCUT2D eigenvalue weighted by Crippen LogP contribution is 2.20. The Bertz CT molecular complexity index is 401. The van der Waals surface area contributed by atoms with E-state index in [0.717, 1.165) is 22.0 Å². The summed E-state index contributed by atoms with van der Waals surface area (Å²) in [6.45, 7) is 8.89. The maximum atomic E-state index is 12.1. The Labute approximate surface area is 113 Å². The van der Waals surface area contributed by atoms with Gasteiger partial charge in [-0.3, -0.25) is 4.79 Å². The van der Waals surface area contributed by atoms with Crippen molar-refractivity contribution in [3.8, 4) is 0 Å². The molecule has 0 aliphatic rings. The van der Waals surface area contributed by atoms with Gasteiger partial charge in [0, 0.05) is 12.6 Å². The second-order valence-electron chi connectivity index (χ2n) is 5.01. The van der Waals surface area contributed by atoms with Crippen LogP contribution in [0.3, 0.4) is 0 Å². The summed E-state index contributed by atoms with van der Waals surface area (Å²) < 4.78 is 0. The summed E-state index contributed by atoms with van der Waals surface area (Å²) in [5, 5.41) is 7.00. The summed E-state index contributed by atoms with van der Waals surface area (Å²) in [6.07, 6.45) is 0.856. The highest BCUT2D eigenvalue weighted by Gasteiger charge is 2.17. The van der Waals surface area contributed by atoms with Crippen molar-refractivity contribution in [2.45, 2.75) is 40.2 Å². The second-order valence-corrected chi connectivity index (χ2v) is 6.21. The number of nitrogens with one attached hydrogen (secondary N) is 2. The second kappa shape index (κ2) is 6.85. The SMILES string of the molecule is CNC(C)CNC(=O)c1sc(C)nc1CC(C)C. The molecule has 1 aromatic rings. The third kappa shape index (κ3) is 4.38. The van der Waals surface area contributed by atoms with Crippen molar-refractivity contribution < 1.29 is 4.79 Å². The average Bonchev–Trinajstić information content (AvgIpc) is 2.65. The maximum Gasteiger partial charge on any atom is 0.263 e. The van der Waals surface area contributed by atoms with E-state index < -0.39 is 0 Å². The summed E-state index contributed by atoms with van der Waals surface area (Å²) in [4.78, 5) is 17.3. The number of aryl methyl sites for hydroxylation is 1. The molecule has 0 aliphatic heterocycles. The van der Waals surface area contributed by atoms with Crippen LogP contribution in [0.1, 0.15) is 41.1 Å². The van der Waals surface area contributed by atoms with Gasteiger partial charge in [-0.2, -0.15) is 0 Å². The average molecular weight is 269 g/mol. The monoisotopic (exact) mass is 269 g/mol. The fourth-order valence-corrected chi connectivity index (χ4v) is 2.46. The molecule has 0 saturated carbocycles. The van der Waals surface area contributed by atoms with Gasteiger partial charge in [0.1, 0.15) is 4.88 Å². The normalized spacial score (nSPS) is 12.8. The molecule has 2 N–H and O–H groups in total. The quantitative estimate of drug-likeness (QED) is 0.830. The molecule has 1 aromatic heterocycles. The molecule has 4 nitrogen and oxygen atoms in total. The number of amides is 1. The Kier molecular flexibility index (Phi) is 5.75. The van der Waals surface area contributed by atoms with E-state index in [4.69, 9.17) is 0 Å². The molecule has 18 heavy (non-hydrogen) atoms. The molecular weight excluding hydrogens is 246 g/mol. The zero-order valence-corrected chi connectivity index (χ0v) is 12.6. The van der Waals surface area contributed by atoms with Gasteiger partial charge >= 0.3 is 0 Å². The van der Waals surface area contributed by atoms with E-state index in [1.165, 1.54) is 11.3 Å². The van der Waals surface area contributed by atoms with E-state index in [2.05, 4.69) is 29.5 Å². The van der Waals surface area contributed by atoms with Crippen LogP contribution in [0.25, 0.3) is 0 Å². The first-order valence-corrected chi connectivity index (χ1v) is 7.17. The van der Waals surface area contributed by atoms with Gasteiger partial charge in [0.05, 0.1) is 10.7 Å². The Balaban J connectivity index is 2.72. The molecule has 1 heterocycles. The standard InChI is InChI=1S/C13H23N3OS/c1-8(2)6-11-12(18-10(4)16-11)13(17)15-7-9(3)14-5/h8-9,14H,6-7H2,1-5H3,(H,15,17). The minimum Gasteiger partial charge on any atom is -0.350 e.